The van der Waals surface area contributed by atoms with Gasteiger partial charge in [0.15, 0.2) is 18.9 Å². The van der Waals surface area contributed by atoms with Gasteiger partial charge in [0.25, 0.3) is 0 Å². The maximum absolute atomic E-state index is 11.3. The van der Waals surface area contributed by atoms with Crippen molar-refractivity contribution in [2.45, 2.75) is 0 Å². The Hall–Kier alpha value is -4.71. The highest BCUT2D eigenvalue weighted by Gasteiger charge is 2.12. The van der Waals surface area contributed by atoms with E-state index in [4.69, 9.17) is 4.74 Å². The summed E-state index contributed by atoms with van der Waals surface area (Å²) in [5.41, 5.74) is 5.22. The highest BCUT2D eigenvalue weighted by molar-refractivity contribution is 5.87. The molecule has 0 aromatic heterocycles. The summed E-state index contributed by atoms with van der Waals surface area (Å²) in [4.78, 5) is 33.5. The number of phenolic OH excluding ortho intramolecular Hbond substituents is 2. The van der Waals surface area contributed by atoms with Gasteiger partial charge in [0.1, 0.15) is 17.2 Å². The minimum atomic E-state index is -0.135. The van der Waals surface area contributed by atoms with E-state index in [1.807, 2.05) is 18.2 Å². The molecule has 0 aliphatic rings. The van der Waals surface area contributed by atoms with Crippen LogP contribution in [0.2, 0.25) is 0 Å². The Bertz CT molecular complexity index is 1350. The zero-order valence-electron chi connectivity index (χ0n) is 18.2. The number of aromatic hydroxyl groups is 2. The first-order chi connectivity index (χ1) is 16.5. The molecular formula is C28H20O6. The highest BCUT2D eigenvalue weighted by Crippen LogP contribution is 2.36. The van der Waals surface area contributed by atoms with E-state index in [0.29, 0.717) is 35.0 Å². The molecule has 0 spiro atoms. The number of methoxy groups -OCH3 is 1. The van der Waals surface area contributed by atoms with Gasteiger partial charge in [-0.1, -0.05) is 18.2 Å². The number of carbonyl (C=O) groups is 3. The molecule has 6 nitrogen and oxygen atoms in total. The molecule has 34 heavy (non-hydrogen) atoms. The molecule has 4 aromatic rings. The van der Waals surface area contributed by atoms with Gasteiger partial charge in [0, 0.05) is 0 Å². The van der Waals surface area contributed by atoms with Gasteiger partial charge in [-0.05, 0) is 88.0 Å². The van der Waals surface area contributed by atoms with Crippen LogP contribution in [-0.2, 0) is 0 Å². The molecule has 0 aliphatic heterocycles. The SMILES string of the molecule is COc1cc(-c2cc(-c3ccc(C=O)c(O)c3)cc(-c3ccc(C=O)c(O)c3)c2)ccc1C=O. The number of ether oxygens (including phenoxy) is 1. The van der Waals surface area contributed by atoms with Gasteiger partial charge in [-0.15, -0.1) is 0 Å². The van der Waals surface area contributed by atoms with E-state index < -0.39 is 0 Å². The number of carbonyl (C=O) groups excluding carboxylic acids is 3. The zero-order valence-corrected chi connectivity index (χ0v) is 18.2. The Morgan fingerprint density at radius 1 is 0.529 bits per heavy atom. The van der Waals surface area contributed by atoms with E-state index in [9.17, 15) is 24.6 Å². The molecule has 0 amide bonds. The fraction of sp³-hybridized carbons (Fsp3) is 0.0357. The Labute approximate surface area is 195 Å². The Morgan fingerprint density at radius 3 is 1.26 bits per heavy atom. The molecule has 0 aliphatic carbocycles. The first-order valence-corrected chi connectivity index (χ1v) is 10.3. The third-order valence-corrected chi connectivity index (χ3v) is 5.61. The lowest BCUT2D eigenvalue weighted by Gasteiger charge is -2.13. The molecule has 4 rings (SSSR count). The average molecular weight is 452 g/mol. The van der Waals surface area contributed by atoms with Crippen LogP contribution < -0.4 is 4.74 Å². The summed E-state index contributed by atoms with van der Waals surface area (Å²) in [5, 5.41) is 20.4. The number of aldehydes is 3. The highest BCUT2D eigenvalue weighted by atomic mass is 16.5. The molecule has 4 aromatic carbocycles. The first kappa shape index (κ1) is 22.5. The van der Waals surface area contributed by atoms with Crippen molar-refractivity contribution in [3.63, 3.8) is 0 Å². The van der Waals surface area contributed by atoms with Crippen molar-refractivity contribution in [1.82, 2.24) is 0 Å². The number of phenols is 2. The lowest BCUT2D eigenvalue weighted by atomic mass is 9.92. The van der Waals surface area contributed by atoms with Gasteiger partial charge >= 0.3 is 0 Å². The van der Waals surface area contributed by atoms with E-state index in [-0.39, 0.29) is 22.6 Å². The standard InChI is InChI=1S/C28H20O6/c1-34-28-13-19(4-7-22(28)16-31)25-9-23(17-2-5-20(14-29)26(32)11-17)8-24(10-25)18-3-6-21(15-30)27(33)12-18/h2-16,32-33H,1H3. The van der Waals surface area contributed by atoms with E-state index >= 15 is 0 Å². The summed E-state index contributed by atoms with van der Waals surface area (Å²) < 4.78 is 5.35. The van der Waals surface area contributed by atoms with E-state index in [1.54, 1.807) is 30.3 Å². The Morgan fingerprint density at radius 2 is 0.912 bits per heavy atom. The van der Waals surface area contributed by atoms with Gasteiger partial charge in [0.2, 0.25) is 0 Å². The Kier molecular flexibility index (Phi) is 6.23. The largest absolute Gasteiger partial charge is 0.507 e. The van der Waals surface area contributed by atoms with Crippen LogP contribution in [0.3, 0.4) is 0 Å². The maximum atomic E-state index is 11.3. The second-order valence-electron chi connectivity index (χ2n) is 7.66. The van der Waals surface area contributed by atoms with E-state index in [0.717, 1.165) is 28.5 Å². The van der Waals surface area contributed by atoms with Crippen LogP contribution in [0.5, 0.6) is 17.2 Å². The topological polar surface area (TPSA) is 101 Å². The fourth-order valence-corrected chi connectivity index (χ4v) is 3.76. The van der Waals surface area contributed by atoms with Crippen LogP contribution in [0.1, 0.15) is 31.1 Å². The molecular weight excluding hydrogens is 432 g/mol. The summed E-state index contributed by atoms with van der Waals surface area (Å²) in [7, 11) is 1.49. The quantitative estimate of drug-likeness (QED) is 0.357. The average Bonchev–Trinajstić information content (AvgIpc) is 2.87. The first-order valence-electron chi connectivity index (χ1n) is 10.3. The molecule has 0 fully saturated rings. The van der Waals surface area contributed by atoms with Crippen molar-refractivity contribution >= 4 is 18.9 Å². The van der Waals surface area contributed by atoms with Crippen LogP contribution >= 0.6 is 0 Å². The summed E-state index contributed by atoms with van der Waals surface area (Å²) in [6, 6.07) is 20.5. The van der Waals surface area contributed by atoms with Gasteiger partial charge in [-0.2, -0.15) is 0 Å². The number of rotatable bonds is 7. The van der Waals surface area contributed by atoms with Gasteiger partial charge < -0.3 is 14.9 Å². The minimum absolute atomic E-state index is 0.135. The normalized spacial score (nSPS) is 10.5. The van der Waals surface area contributed by atoms with Crippen LogP contribution in [-0.4, -0.2) is 36.2 Å². The van der Waals surface area contributed by atoms with Crippen molar-refractivity contribution in [2.75, 3.05) is 7.11 Å². The van der Waals surface area contributed by atoms with Crippen molar-refractivity contribution in [3.8, 4) is 50.6 Å². The lowest BCUT2D eigenvalue weighted by molar-refractivity contribution is 0.111. The van der Waals surface area contributed by atoms with Crippen molar-refractivity contribution in [2.24, 2.45) is 0 Å². The molecule has 0 saturated heterocycles. The lowest BCUT2D eigenvalue weighted by Crippen LogP contribution is -1.92. The molecule has 0 radical (unpaired) electrons. The van der Waals surface area contributed by atoms with Gasteiger partial charge in [0.05, 0.1) is 23.8 Å². The van der Waals surface area contributed by atoms with E-state index in [2.05, 4.69) is 0 Å². The van der Waals surface area contributed by atoms with E-state index in [1.165, 1.54) is 31.4 Å². The van der Waals surface area contributed by atoms with Crippen LogP contribution in [0.25, 0.3) is 33.4 Å². The van der Waals surface area contributed by atoms with Gasteiger partial charge in [-0.3, -0.25) is 14.4 Å². The number of benzene rings is 4. The molecule has 0 atom stereocenters. The van der Waals surface area contributed by atoms with Crippen LogP contribution in [0.4, 0.5) is 0 Å². The second-order valence-corrected chi connectivity index (χ2v) is 7.66. The predicted octanol–water partition coefficient (Wildman–Crippen LogP) is 5.54. The summed E-state index contributed by atoms with van der Waals surface area (Å²) >= 11 is 0. The number of hydrogen-bond acceptors (Lipinski definition) is 6. The molecule has 0 bridgehead atoms. The van der Waals surface area contributed by atoms with Crippen molar-refractivity contribution in [1.29, 1.82) is 0 Å². The second kappa shape index (κ2) is 9.42. The molecule has 2 N–H and O–H groups in total. The predicted molar refractivity (Wildman–Crippen MR) is 129 cm³/mol. The molecule has 0 unspecified atom stereocenters. The van der Waals surface area contributed by atoms with Crippen molar-refractivity contribution in [3.05, 3.63) is 89.5 Å². The zero-order chi connectivity index (χ0) is 24.2. The molecule has 6 heteroatoms. The maximum Gasteiger partial charge on any atom is 0.153 e. The fourth-order valence-electron chi connectivity index (χ4n) is 3.76. The van der Waals surface area contributed by atoms with Crippen molar-refractivity contribution < 1.29 is 29.3 Å². The van der Waals surface area contributed by atoms with Gasteiger partial charge in [-0.25, -0.2) is 0 Å². The smallest absolute Gasteiger partial charge is 0.153 e. The Balaban J connectivity index is 1.93. The molecule has 0 saturated carbocycles. The molecule has 0 heterocycles. The van der Waals surface area contributed by atoms with Crippen LogP contribution in [0.15, 0.2) is 72.8 Å². The van der Waals surface area contributed by atoms with Crippen LogP contribution in [0, 0.1) is 0 Å². The monoisotopic (exact) mass is 452 g/mol. The number of hydrogen-bond donors (Lipinski definition) is 2. The summed E-state index contributed by atoms with van der Waals surface area (Å²) in [5.74, 6) is 0.161. The molecule has 168 valence electrons. The summed E-state index contributed by atoms with van der Waals surface area (Å²) in [6.07, 6.45) is 1.89. The minimum Gasteiger partial charge on any atom is -0.507 e. The third-order valence-electron chi connectivity index (χ3n) is 5.61. The third kappa shape index (κ3) is 4.29. The summed E-state index contributed by atoms with van der Waals surface area (Å²) in [6.45, 7) is 0.